The van der Waals surface area contributed by atoms with Gasteiger partial charge in [-0.05, 0) is 41.5 Å². The lowest BCUT2D eigenvalue weighted by atomic mass is 10.1. The number of hydrogen-bond acceptors (Lipinski definition) is 4. The maximum absolute atomic E-state index is 12.5. The van der Waals surface area contributed by atoms with Crippen LogP contribution in [0.1, 0.15) is 27.6 Å². The van der Waals surface area contributed by atoms with E-state index in [-0.39, 0.29) is 11.3 Å². The van der Waals surface area contributed by atoms with E-state index >= 15 is 0 Å². The average molecular weight is 394 g/mol. The molecular formula is C22H16ClNO4. The van der Waals surface area contributed by atoms with Gasteiger partial charge in [-0.3, -0.25) is 10.1 Å². The van der Waals surface area contributed by atoms with E-state index in [0.717, 1.165) is 11.1 Å². The summed E-state index contributed by atoms with van der Waals surface area (Å²) in [6, 6.07) is 21.9. The third kappa shape index (κ3) is 5.05. The summed E-state index contributed by atoms with van der Waals surface area (Å²) in [5.41, 5.74) is 1.88. The normalized spacial score (nSPS) is 11.9. The van der Waals surface area contributed by atoms with Gasteiger partial charge in [0, 0.05) is 17.2 Å². The van der Waals surface area contributed by atoms with Crippen LogP contribution in [0.4, 0.5) is 5.69 Å². The SMILES string of the molecule is O=C(O[C@H](/C=C/c1ccc(Cl)cc1)c1ccccc1)c1ccc([N+](=O)[O-])cc1. The molecule has 0 heterocycles. The van der Waals surface area contributed by atoms with Crippen LogP contribution in [0.15, 0.2) is 84.9 Å². The molecule has 3 aromatic rings. The Morgan fingerprint density at radius 2 is 1.61 bits per heavy atom. The lowest BCUT2D eigenvalue weighted by Gasteiger charge is -2.15. The molecule has 0 aliphatic heterocycles. The molecular weight excluding hydrogens is 378 g/mol. The summed E-state index contributed by atoms with van der Waals surface area (Å²) in [4.78, 5) is 22.8. The summed E-state index contributed by atoms with van der Waals surface area (Å²) >= 11 is 5.90. The fraction of sp³-hybridized carbons (Fsp3) is 0.0455. The Labute approximate surface area is 167 Å². The fourth-order valence-corrected chi connectivity index (χ4v) is 2.66. The number of carbonyl (C=O) groups is 1. The van der Waals surface area contributed by atoms with Crippen molar-refractivity contribution in [2.45, 2.75) is 6.10 Å². The van der Waals surface area contributed by atoms with Gasteiger partial charge in [-0.25, -0.2) is 4.79 Å². The van der Waals surface area contributed by atoms with Gasteiger partial charge in [-0.2, -0.15) is 0 Å². The maximum Gasteiger partial charge on any atom is 0.339 e. The van der Waals surface area contributed by atoms with Crippen molar-refractivity contribution in [3.05, 3.63) is 117 Å². The van der Waals surface area contributed by atoms with E-state index in [1.165, 1.54) is 24.3 Å². The fourth-order valence-electron chi connectivity index (χ4n) is 2.54. The molecule has 0 saturated heterocycles. The number of carbonyl (C=O) groups excluding carboxylic acids is 1. The highest BCUT2D eigenvalue weighted by Crippen LogP contribution is 2.23. The first-order chi connectivity index (χ1) is 13.5. The van der Waals surface area contributed by atoms with Crippen LogP contribution in [0.2, 0.25) is 5.02 Å². The summed E-state index contributed by atoms with van der Waals surface area (Å²) in [5.74, 6) is -0.565. The van der Waals surface area contributed by atoms with Crippen molar-refractivity contribution >= 4 is 29.3 Å². The molecule has 0 aromatic heterocycles. The Morgan fingerprint density at radius 1 is 0.964 bits per heavy atom. The second-order valence-corrected chi connectivity index (χ2v) is 6.39. The van der Waals surface area contributed by atoms with Gasteiger partial charge in [0.25, 0.3) is 5.69 Å². The summed E-state index contributed by atoms with van der Waals surface area (Å²) in [5, 5.41) is 11.4. The van der Waals surface area contributed by atoms with Crippen LogP contribution in [0.5, 0.6) is 0 Å². The van der Waals surface area contributed by atoms with Crippen LogP contribution in [0.25, 0.3) is 6.08 Å². The second-order valence-electron chi connectivity index (χ2n) is 5.95. The number of rotatable bonds is 6. The Balaban J connectivity index is 1.81. The van der Waals surface area contributed by atoms with E-state index in [1.807, 2.05) is 48.5 Å². The van der Waals surface area contributed by atoms with Crippen LogP contribution in [0.3, 0.4) is 0 Å². The smallest absolute Gasteiger partial charge is 0.339 e. The molecule has 3 rings (SSSR count). The minimum Gasteiger partial charge on any atom is -0.450 e. The van der Waals surface area contributed by atoms with E-state index in [4.69, 9.17) is 16.3 Å². The van der Waals surface area contributed by atoms with Crippen molar-refractivity contribution in [3.63, 3.8) is 0 Å². The highest BCUT2D eigenvalue weighted by Gasteiger charge is 2.16. The predicted octanol–water partition coefficient (Wildman–Crippen LogP) is 5.86. The van der Waals surface area contributed by atoms with E-state index in [9.17, 15) is 14.9 Å². The number of hydrogen-bond donors (Lipinski definition) is 0. The van der Waals surface area contributed by atoms with E-state index in [2.05, 4.69) is 0 Å². The molecule has 0 unspecified atom stereocenters. The Kier molecular flexibility index (Phi) is 6.19. The van der Waals surface area contributed by atoms with Gasteiger partial charge in [-0.1, -0.05) is 60.1 Å². The molecule has 140 valence electrons. The third-order valence-electron chi connectivity index (χ3n) is 4.01. The van der Waals surface area contributed by atoms with E-state index in [1.54, 1.807) is 18.2 Å². The molecule has 0 spiro atoms. The molecule has 28 heavy (non-hydrogen) atoms. The van der Waals surface area contributed by atoms with Gasteiger partial charge >= 0.3 is 5.97 Å². The van der Waals surface area contributed by atoms with Crippen molar-refractivity contribution in [2.24, 2.45) is 0 Å². The molecule has 0 bridgehead atoms. The average Bonchev–Trinajstić information content (AvgIpc) is 2.73. The third-order valence-corrected chi connectivity index (χ3v) is 4.26. The highest BCUT2D eigenvalue weighted by atomic mass is 35.5. The predicted molar refractivity (Wildman–Crippen MR) is 108 cm³/mol. The zero-order valence-electron chi connectivity index (χ0n) is 14.7. The number of non-ortho nitro benzene ring substituents is 1. The van der Waals surface area contributed by atoms with Gasteiger partial charge in [-0.15, -0.1) is 0 Å². The van der Waals surface area contributed by atoms with Crippen molar-refractivity contribution in [1.29, 1.82) is 0 Å². The summed E-state index contributed by atoms with van der Waals surface area (Å²) in [6.07, 6.45) is 3.01. The summed E-state index contributed by atoms with van der Waals surface area (Å²) in [7, 11) is 0. The number of benzene rings is 3. The van der Waals surface area contributed by atoms with Crippen molar-refractivity contribution in [1.82, 2.24) is 0 Å². The number of ether oxygens (including phenoxy) is 1. The Morgan fingerprint density at radius 3 is 2.21 bits per heavy atom. The monoisotopic (exact) mass is 393 g/mol. The first kappa shape index (κ1) is 19.3. The lowest BCUT2D eigenvalue weighted by molar-refractivity contribution is -0.384. The molecule has 3 aromatic carbocycles. The molecule has 0 fully saturated rings. The van der Waals surface area contributed by atoms with Crippen LogP contribution in [0, 0.1) is 10.1 Å². The Hall–Kier alpha value is -3.44. The van der Waals surface area contributed by atoms with Crippen molar-refractivity contribution in [3.8, 4) is 0 Å². The molecule has 5 nitrogen and oxygen atoms in total. The minimum atomic E-state index is -0.612. The molecule has 0 saturated carbocycles. The van der Waals surface area contributed by atoms with Gasteiger partial charge < -0.3 is 4.74 Å². The quantitative estimate of drug-likeness (QED) is 0.299. The van der Waals surface area contributed by atoms with Crippen molar-refractivity contribution < 1.29 is 14.5 Å². The van der Waals surface area contributed by atoms with Crippen LogP contribution >= 0.6 is 11.6 Å². The number of nitro benzene ring substituents is 1. The van der Waals surface area contributed by atoms with Gasteiger partial charge in [0.05, 0.1) is 10.5 Å². The first-order valence-electron chi connectivity index (χ1n) is 8.47. The molecule has 1 atom stereocenters. The van der Waals surface area contributed by atoms with Gasteiger partial charge in [0.15, 0.2) is 0 Å². The maximum atomic E-state index is 12.5. The van der Waals surface area contributed by atoms with Crippen LogP contribution in [-0.2, 0) is 4.74 Å². The van der Waals surface area contributed by atoms with E-state index in [0.29, 0.717) is 5.02 Å². The molecule has 0 radical (unpaired) electrons. The van der Waals surface area contributed by atoms with Gasteiger partial charge in [0.2, 0.25) is 0 Å². The van der Waals surface area contributed by atoms with Crippen molar-refractivity contribution in [2.75, 3.05) is 0 Å². The number of nitrogens with zero attached hydrogens (tertiary/aromatic N) is 1. The zero-order chi connectivity index (χ0) is 19.9. The van der Waals surface area contributed by atoms with E-state index < -0.39 is 17.0 Å². The standard InChI is InChI=1S/C22H16ClNO4/c23-19-11-6-16(7-12-19)8-15-21(17-4-2-1-3-5-17)28-22(25)18-9-13-20(14-10-18)24(26)27/h1-15,21H/b15-8+/t21-/m1/s1. The number of nitro groups is 1. The highest BCUT2D eigenvalue weighted by molar-refractivity contribution is 6.30. The second kappa shape index (κ2) is 8.97. The molecule has 0 aliphatic carbocycles. The lowest BCUT2D eigenvalue weighted by Crippen LogP contribution is -2.10. The molecule has 0 aliphatic rings. The zero-order valence-corrected chi connectivity index (χ0v) is 15.5. The molecule has 0 N–H and O–H groups in total. The largest absolute Gasteiger partial charge is 0.450 e. The summed E-state index contributed by atoms with van der Waals surface area (Å²) in [6.45, 7) is 0. The number of halogens is 1. The van der Waals surface area contributed by atoms with Crippen LogP contribution in [-0.4, -0.2) is 10.9 Å². The minimum absolute atomic E-state index is 0.0845. The molecule has 0 amide bonds. The topological polar surface area (TPSA) is 69.4 Å². The number of esters is 1. The summed E-state index contributed by atoms with van der Waals surface area (Å²) < 4.78 is 5.65. The van der Waals surface area contributed by atoms with Crippen LogP contribution < -0.4 is 0 Å². The Bertz CT molecular complexity index is 983. The van der Waals surface area contributed by atoms with Gasteiger partial charge in [0.1, 0.15) is 6.10 Å². The molecule has 6 heteroatoms. The first-order valence-corrected chi connectivity index (χ1v) is 8.85.